The molecule has 1 aromatic rings. The highest BCUT2D eigenvalue weighted by molar-refractivity contribution is 9.09. The van der Waals surface area contributed by atoms with E-state index in [0.29, 0.717) is 6.54 Å². The van der Waals surface area contributed by atoms with Gasteiger partial charge in [-0.3, -0.25) is 4.79 Å². The summed E-state index contributed by atoms with van der Waals surface area (Å²) in [5.41, 5.74) is 0.0516. The lowest BCUT2D eigenvalue weighted by molar-refractivity contribution is 0.0705. The van der Waals surface area contributed by atoms with Gasteiger partial charge in [0.2, 0.25) is 0 Å². The molecule has 0 saturated heterocycles. The van der Waals surface area contributed by atoms with Crippen LogP contribution in [0.5, 0.6) is 0 Å². The maximum absolute atomic E-state index is 13.1. The summed E-state index contributed by atoms with van der Waals surface area (Å²) in [5.74, 6) is -1.81. The van der Waals surface area contributed by atoms with Crippen LogP contribution in [0.3, 0.4) is 0 Å². The molecule has 0 saturated carbocycles. The largest absolute Gasteiger partial charge is 0.336 e. The van der Waals surface area contributed by atoms with Gasteiger partial charge < -0.3 is 4.90 Å². The van der Waals surface area contributed by atoms with Gasteiger partial charge in [-0.05, 0) is 32.4 Å². The molecule has 0 spiro atoms. The van der Waals surface area contributed by atoms with Crippen LogP contribution in [0.25, 0.3) is 0 Å². The van der Waals surface area contributed by atoms with Gasteiger partial charge in [-0.15, -0.1) is 0 Å². The molecule has 0 N–H and O–H groups in total. The van der Waals surface area contributed by atoms with Crippen molar-refractivity contribution >= 4 is 21.8 Å². The van der Waals surface area contributed by atoms with Crippen molar-refractivity contribution in [1.82, 2.24) is 4.90 Å². The van der Waals surface area contributed by atoms with Crippen LogP contribution >= 0.6 is 15.9 Å². The minimum Gasteiger partial charge on any atom is -0.336 e. The normalized spacial score (nSPS) is 10.8. The van der Waals surface area contributed by atoms with Crippen LogP contribution in [-0.4, -0.2) is 28.7 Å². The molecule has 5 heteroatoms. The summed E-state index contributed by atoms with van der Waals surface area (Å²) < 4.78 is 26.2. The van der Waals surface area contributed by atoms with Crippen molar-refractivity contribution in [3.05, 3.63) is 35.4 Å². The molecule has 0 aliphatic rings. The number of carbonyl (C=O) groups is 1. The molecular weight excluding hydrogens is 304 g/mol. The molecule has 0 atom stereocenters. The molecule has 0 heterocycles. The van der Waals surface area contributed by atoms with Gasteiger partial charge in [-0.1, -0.05) is 15.9 Å². The van der Waals surface area contributed by atoms with Gasteiger partial charge in [0.05, 0.1) is 0 Å². The van der Waals surface area contributed by atoms with Crippen LogP contribution in [0.15, 0.2) is 18.2 Å². The Morgan fingerprint density at radius 1 is 1.28 bits per heavy atom. The highest BCUT2D eigenvalue weighted by Gasteiger charge is 2.19. The summed E-state index contributed by atoms with van der Waals surface area (Å²) in [4.78, 5) is 13.8. The van der Waals surface area contributed by atoms with E-state index in [4.69, 9.17) is 0 Å². The number of hydrogen-bond acceptors (Lipinski definition) is 1. The zero-order chi connectivity index (χ0) is 13.7. The van der Waals surface area contributed by atoms with E-state index in [9.17, 15) is 13.6 Å². The third-order valence-corrected chi connectivity index (χ3v) is 3.09. The first-order valence-electron chi connectivity index (χ1n) is 5.78. The predicted octanol–water partition coefficient (Wildman–Crippen LogP) is 3.60. The van der Waals surface area contributed by atoms with E-state index in [1.54, 1.807) is 4.90 Å². The third kappa shape index (κ3) is 4.05. The van der Waals surface area contributed by atoms with Crippen LogP contribution in [0.1, 0.15) is 30.6 Å². The zero-order valence-corrected chi connectivity index (χ0v) is 12.0. The Balaban J connectivity index is 2.94. The molecule has 1 rings (SSSR count). The number of rotatable bonds is 5. The summed E-state index contributed by atoms with van der Waals surface area (Å²) in [6.45, 7) is 4.31. The number of amides is 1. The SMILES string of the molecule is CC(C)N(CCCBr)C(=O)c1cc(F)cc(F)c1. The van der Waals surface area contributed by atoms with Crippen LogP contribution < -0.4 is 0 Å². The van der Waals surface area contributed by atoms with Gasteiger partial charge in [-0.2, -0.15) is 0 Å². The first-order valence-corrected chi connectivity index (χ1v) is 6.91. The van der Waals surface area contributed by atoms with E-state index in [-0.39, 0.29) is 17.5 Å². The first-order chi connectivity index (χ1) is 8.45. The van der Waals surface area contributed by atoms with Crippen molar-refractivity contribution in [3.63, 3.8) is 0 Å². The van der Waals surface area contributed by atoms with E-state index in [0.717, 1.165) is 30.0 Å². The molecule has 0 radical (unpaired) electrons. The fraction of sp³-hybridized carbons (Fsp3) is 0.462. The van der Waals surface area contributed by atoms with Crippen LogP contribution in [0.4, 0.5) is 8.78 Å². The first kappa shape index (κ1) is 15.1. The van der Waals surface area contributed by atoms with Gasteiger partial charge >= 0.3 is 0 Å². The zero-order valence-electron chi connectivity index (χ0n) is 10.4. The average Bonchev–Trinajstić information content (AvgIpc) is 2.27. The maximum atomic E-state index is 13.1. The minimum atomic E-state index is -0.734. The fourth-order valence-electron chi connectivity index (χ4n) is 1.67. The standard InChI is InChI=1S/C13H16BrF2NO/c1-9(2)17(5-3-4-14)13(18)10-6-11(15)8-12(16)7-10/h6-9H,3-5H2,1-2H3. The Morgan fingerprint density at radius 3 is 2.28 bits per heavy atom. The molecular formula is C13H16BrF2NO. The number of halogens is 3. The molecule has 1 aromatic carbocycles. The number of benzene rings is 1. The van der Waals surface area contributed by atoms with Gasteiger partial charge in [0.15, 0.2) is 0 Å². The molecule has 0 fully saturated rings. The number of nitrogens with zero attached hydrogens (tertiary/aromatic N) is 1. The quantitative estimate of drug-likeness (QED) is 0.759. The van der Waals surface area contributed by atoms with Crippen molar-refractivity contribution in [3.8, 4) is 0 Å². The Bertz CT molecular complexity index is 403. The predicted molar refractivity (Wildman–Crippen MR) is 70.9 cm³/mol. The van der Waals surface area contributed by atoms with Crippen LogP contribution in [-0.2, 0) is 0 Å². The molecule has 0 bridgehead atoms. The van der Waals surface area contributed by atoms with E-state index < -0.39 is 11.6 Å². The van der Waals surface area contributed by atoms with Gasteiger partial charge in [0.1, 0.15) is 11.6 Å². The lowest BCUT2D eigenvalue weighted by atomic mass is 10.1. The summed E-state index contributed by atoms with van der Waals surface area (Å²) in [5, 5.41) is 0.779. The summed E-state index contributed by atoms with van der Waals surface area (Å²) >= 11 is 3.30. The van der Waals surface area contributed by atoms with Crippen molar-refractivity contribution < 1.29 is 13.6 Å². The van der Waals surface area contributed by atoms with Crippen molar-refractivity contribution in [1.29, 1.82) is 0 Å². The topological polar surface area (TPSA) is 20.3 Å². The van der Waals surface area contributed by atoms with Crippen LogP contribution in [0.2, 0.25) is 0 Å². The monoisotopic (exact) mass is 319 g/mol. The second-order valence-corrected chi connectivity index (χ2v) is 5.09. The summed E-state index contributed by atoms with van der Waals surface area (Å²) in [6.07, 6.45) is 0.793. The second-order valence-electron chi connectivity index (χ2n) is 4.29. The molecule has 18 heavy (non-hydrogen) atoms. The summed E-state index contributed by atoms with van der Waals surface area (Å²) in [7, 11) is 0. The molecule has 0 aliphatic heterocycles. The molecule has 0 unspecified atom stereocenters. The lowest BCUT2D eigenvalue weighted by Gasteiger charge is -2.26. The molecule has 0 aromatic heterocycles. The van der Waals surface area contributed by atoms with E-state index in [1.165, 1.54) is 0 Å². The third-order valence-electron chi connectivity index (χ3n) is 2.53. The Hall–Kier alpha value is -0.970. The molecule has 1 amide bonds. The van der Waals surface area contributed by atoms with Crippen molar-refractivity contribution in [2.24, 2.45) is 0 Å². The van der Waals surface area contributed by atoms with Crippen molar-refractivity contribution in [2.75, 3.05) is 11.9 Å². The minimum absolute atomic E-state index is 0.0112. The number of carbonyl (C=O) groups excluding carboxylic acids is 1. The van der Waals surface area contributed by atoms with Crippen molar-refractivity contribution in [2.45, 2.75) is 26.3 Å². The molecule has 2 nitrogen and oxygen atoms in total. The number of hydrogen-bond donors (Lipinski definition) is 0. The van der Waals surface area contributed by atoms with E-state index in [1.807, 2.05) is 13.8 Å². The van der Waals surface area contributed by atoms with Gasteiger partial charge in [0.25, 0.3) is 5.91 Å². The number of alkyl halides is 1. The fourth-order valence-corrected chi connectivity index (χ4v) is 1.92. The second kappa shape index (κ2) is 6.83. The average molecular weight is 320 g/mol. The molecule has 100 valence electrons. The van der Waals surface area contributed by atoms with Crippen LogP contribution in [0, 0.1) is 11.6 Å². The van der Waals surface area contributed by atoms with E-state index >= 15 is 0 Å². The highest BCUT2D eigenvalue weighted by atomic mass is 79.9. The Labute approximate surface area is 114 Å². The summed E-state index contributed by atoms with van der Waals surface area (Å²) in [6, 6.07) is 2.88. The van der Waals surface area contributed by atoms with E-state index in [2.05, 4.69) is 15.9 Å². The Kier molecular flexibility index (Phi) is 5.72. The maximum Gasteiger partial charge on any atom is 0.254 e. The van der Waals surface area contributed by atoms with Gasteiger partial charge in [0, 0.05) is 29.5 Å². The van der Waals surface area contributed by atoms with Gasteiger partial charge in [-0.25, -0.2) is 8.78 Å². The Morgan fingerprint density at radius 2 is 1.83 bits per heavy atom. The molecule has 0 aliphatic carbocycles. The highest BCUT2D eigenvalue weighted by Crippen LogP contribution is 2.13. The smallest absolute Gasteiger partial charge is 0.254 e. The lowest BCUT2D eigenvalue weighted by Crippen LogP contribution is -2.38.